The molecule has 14 rings (SSSR count). The third-order valence-corrected chi connectivity index (χ3v) is 14.0. The maximum absolute atomic E-state index is 6.94. The van der Waals surface area contributed by atoms with E-state index in [9.17, 15) is 0 Å². The summed E-state index contributed by atoms with van der Waals surface area (Å²) in [5.41, 5.74) is 11.0. The summed E-state index contributed by atoms with van der Waals surface area (Å²) in [6.45, 7) is 2.15. The maximum Gasteiger partial charge on any atom is 0.163 e. The number of fused-ring (bicyclic) bond motifs is 13. The molecule has 65 heavy (non-hydrogen) atoms. The number of hydrogen-bond acceptors (Lipinski definition) is 5. The average Bonchev–Trinajstić information content (AvgIpc) is 4.10. The minimum Gasteiger partial charge on any atom is -0.483 e. The third kappa shape index (κ3) is 5.27. The summed E-state index contributed by atoms with van der Waals surface area (Å²) in [5, 5.41) is 4.74. The molecule has 4 unspecified atom stereocenters. The number of nitrogens with zero attached hydrogens (tertiary/aromatic N) is 5. The van der Waals surface area contributed by atoms with Crippen LogP contribution in [0.3, 0.4) is 0 Å². The fourth-order valence-corrected chi connectivity index (χ4v) is 10.9. The van der Waals surface area contributed by atoms with E-state index in [-0.39, 0.29) is 17.9 Å². The van der Waals surface area contributed by atoms with Crippen molar-refractivity contribution in [3.05, 3.63) is 217 Å². The zero-order valence-electron chi connectivity index (χ0n) is 35.3. The van der Waals surface area contributed by atoms with Crippen LogP contribution in [0.25, 0.3) is 83.3 Å². The summed E-state index contributed by atoms with van der Waals surface area (Å²) in [4.78, 5) is 15.8. The lowest BCUT2D eigenvalue weighted by Crippen LogP contribution is -2.38. The van der Waals surface area contributed by atoms with E-state index >= 15 is 0 Å². The van der Waals surface area contributed by atoms with E-state index < -0.39 is 5.60 Å². The molecule has 0 amide bonds. The lowest BCUT2D eigenvalue weighted by Gasteiger charge is -2.34. The Kier molecular flexibility index (Phi) is 7.58. The van der Waals surface area contributed by atoms with Gasteiger partial charge in [0.25, 0.3) is 0 Å². The van der Waals surface area contributed by atoms with Crippen molar-refractivity contribution in [3.8, 4) is 45.6 Å². The van der Waals surface area contributed by atoms with Gasteiger partial charge < -0.3 is 18.6 Å². The van der Waals surface area contributed by atoms with E-state index in [2.05, 4.69) is 186 Å². The summed E-state index contributed by atoms with van der Waals surface area (Å²) in [6.07, 6.45) is 15.0. The first-order chi connectivity index (χ1) is 32.1. The fraction of sp³-hybridized carbons (Fsp3) is 0.0862. The van der Waals surface area contributed by atoms with Crippen LogP contribution in [0.5, 0.6) is 11.5 Å². The molecule has 2 aliphatic carbocycles. The van der Waals surface area contributed by atoms with Crippen molar-refractivity contribution in [1.29, 1.82) is 0 Å². The Hall–Kier alpha value is -8.29. The molecule has 0 spiro atoms. The van der Waals surface area contributed by atoms with Gasteiger partial charge in [-0.3, -0.25) is 0 Å². The first kappa shape index (κ1) is 36.2. The zero-order chi connectivity index (χ0) is 42.8. The van der Waals surface area contributed by atoms with E-state index in [0.29, 0.717) is 17.5 Å². The van der Waals surface area contributed by atoms with Gasteiger partial charge in [-0.05, 0) is 55.5 Å². The summed E-state index contributed by atoms with van der Waals surface area (Å²) >= 11 is 0. The van der Waals surface area contributed by atoms with Gasteiger partial charge in [0.1, 0.15) is 29.0 Å². The van der Waals surface area contributed by atoms with Crippen LogP contribution in [0.1, 0.15) is 35.7 Å². The Bertz CT molecular complexity index is 3730. The predicted octanol–water partition coefficient (Wildman–Crippen LogP) is 13.3. The van der Waals surface area contributed by atoms with Gasteiger partial charge in [0, 0.05) is 66.7 Å². The van der Waals surface area contributed by atoms with Gasteiger partial charge in [-0.15, -0.1) is 0 Å². The van der Waals surface area contributed by atoms with Gasteiger partial charge in [-0.2, -0.15) is 0 Å². The Morgan fingerprint density at radius 1 is 0.538 bits per heavy atom. The van der Waals surface area contributed by atoms with Crippen molar-refractivity contribution in [2.24, 2.45) is 0 Å². The Morgan fingerprint density at radius 3 is 2.08 bits per heavy atom. The monoisotopic (exact) mass is 837 g/mol. The molecular weight excluding hydrogens is 799 g/mol. The molecule has 5 heterocycles. The summed E-state index contributed by atoms with van der Waals surface area (Å²) in [6, 6.07) is 55.8. The van der Waals surface area contributed by atoms with Gasteiger partial charge in [0.05, 0.1) is 28.0 Å². The molecule has 2 aliphatic heterocycles. The number of benzene rings is 7. The number of para-hydroxylation sites is 3. The molecule has 0 saturated heterocycles. The number of ether oxygens (including phenoxy) is 2. The van der Waals surface area contributed by atoms with Gasteiger partial charge >= 0.3 is 0 Å². The number of rotatable bonds is 5. The van der Waals surface area contributed by atoms with Crippen LogP contribution in [-0.4, -0.2) is 35.8 Å². The van der Waals surface area contributed by atoms with Crippen molar-refractivity contribution in [2.75, 3.05) is 0 Å². The second kappa shape index (κ2) is 13.6. The van der Waals surface area contributed by atoms with Crippen LogP contribution in [0.15, 0.2) is 200 Å². The molecule has 4 atom stereocenters. The summed E-state index contributed by atoms with van der Waals surface area (Å²) in [7, 11) is 0. The van der Waals surface area contributed by atoms with Crippen molar-refractivity contribution < 1.29 is 9.47 Å². The largest absolute Gasteiger partial charge is 0.483 e. The quantitative estimate of drug-likeness (QED) is 0.173. The highest BCUT2D eigenvalue weighted by molar-refractivity contribution is 6.13. The second-order valence-corrected chi connectivity index (χ2v) is 17.6. The van der Waals surface area contributed by atoms with E-state index in [1.165, 1.54) is 27.4 Å². The van der Waals surface area contributed by atoms with Crippen molar-refractivity contribution in [2.45, 2.75) is 30.5 Å². The van der Waals surface area contributed by atoms with Crippen LogP contribution in [0.4, 0.5) is 0 Å². The normalized spacial score (nSPS) is 20.1. The Balaban J connectivity index is 0.986. The lowest BCUT2D eigenvalue weighted by atomic mass is 9.77. The first-order valence-corrected chi connectivity index (χ1v) is 22.3. The first-order valence-electron chi connectivity index (χ1n) is 22.3. The van der Waals surface area contributed by atoms with Crippen molar-refractivity contribution in [3.63, 3.8) is 0 Å². The van der Waals surface area contributed by atoms with E-state index in [1.807, 2.05) is 30.3 Å². The van der Waals surface area contributed by atoms with Gasteiger partial charge in [0.2, 0.25) is 0 Å². The van der Waals surface area contributed by atoms with Crippen LogP contribution in [0.2, 0.25) is 0 Å². The fourth-order valence-electron chi connectivity index (χ4n) is 10.9. The molecule has 3 aromatic heterocycles. The topological polar surface area (TPSA) is 67.0 Å². The molecule has 0 bridgehead atoms. The van der Waals surface area contributed by atoms with Gasteiger partial charge in [0.15, 0.2) is 11.6 Å². The second-order valence-electron chi connectivity index (χ2n) is 17.6. The molecule has 10 aromatic rings. The molecule has 4 aliphatic rings. The van der Waals surface area contributed by atoms with Gasteiger partial charge in [-0.25, -0.2) is 15.0 Å². The standard InChI is InChI=1S/C58H39N5O2/c1-58-46(45-22-8-12-28-52(45)65-58)23-14-24-47(58)57-60-55(35-15-3-2-4-16-35)59-56(61-57)36-17-13-18-37(33-36)63-50-34-38(62-48-25-9-5-19-39(48)40-20-6-10-26-49(40)62)29-30-41(50)43-31-32-44-42-21-7-11-27-51(42)64-54(44)53(43)63/h2-34,42,47,51H,1H3. The highest BCUT2D eigenvalue weighted by atomic mass is 16.5. The highest BCUT2D eigenvalue weighted by Gasteiger charge is 2.48. The molecule has 0 saturated carbocycles. The smallest absolute Gasteiger partial charge is 0.163 e. The summed E-state index contributed by atoms with van der Waals surface area (Å²) < 4.78 is 18.5. The van der Waals surface area contributed by atoms with Crippen LogP contribution >= 0.6 is 0 Å². The zero-order valence-corrected chi connectivity index (χ0v) is 35.3. The van der Waals surface area contributed by atoms with E-state index in [4.69, 9.17) is 24.4 Å². The molecular formula is C58H39N5O2. The average molecular weight is 838 g/mol. The molecule has 0 fully saturated rings. The maximum atomic E-state index is 6.94. The molecule has 7 aromatic carbocycles. The van der Waals surface area contributed by atoms with Crippen LogP contribution in [0, 0.1) is 0 Å². The van der Waals surface area contributed by atoms with E-state index in [1.54, 1.807) is 0 Å². The van der Waals surface area contributed by atoms with Crippen molar-refractivity contribution >= 4 is 49.2 Å². The molecule has 7 heteroatoms. The third-order valence-electron chi connectivity index (χ3n) is 14.0. The predicted molar refractivity (Wildman–Crippen MR) is 260 cm³/mol. The van der Waals surface area contributed by atoms with Gasteiger partial charge in [-0.1, -0.05) is 152 Å². The Labute approximate surface area is 374 Å². The SMILES string of the molecule is CC12Oc3ccccc3C1=CC=CC2c1nc(-c2ccccc2)nc(-c2cccc(-n3c4cc(-n5c6ccccc6c6ccccc65)ccc4c4ccc5c(c43)OC3C=CC=CC53)c2)n1. The molecule has 0 radical (unpaired) electrons. The number of aromatic nitrogens is 5. The molecule has 0 N–H and O–H groups in total. The lowest BCUT2D eigenvalue weighted by molar-refractivity contribution is 0.146. The minimum absolute atomic E-state index is 0.0608. The molecule has 308 valence electrons. The number of allylic oxidation sites excluding steroid dienone is 4. The van der Waals surface area contributed by atoms with Crippen molar-refractivity contribution in [1.82, 2.24) is 24.1 Å². The highest BCUT2D eigenvalue weighted by Crippen LogP contribution is 2.53. The van der Waals surface area contributed by atoms with Crippen LogP contribution in [-0.2, 0) is 0 Å². The van der Waals surface area contributed by atoms with Crippen LogP contribution < -0.4 is 9.47 Å². The molecule has 7 nitrogen and oxygen atoms in total. The summed E-state index contributed by atoms with van der Waals surface area (Å²) in [5.74, 6) is 3.52. The number of hydrogen-bond donors (Lipinski definition) is 0. The minimum atomic E-state index is -0.703. The van der Waals surface area contributed by atoms with E-state index in [0.717, 1.165) is 66.9 Å². The Morgan fingerprint density at radius 2 is 1.23 bits per heavy atom.